The second-order valence-corrected chi connectivity index (χ2v) is 10.1. The Morgan fingerprint density at radius 1 is 0.576 bits per heavy atom. The Balaban J connectivity index is 4.97. The largest absolute Gasteiger partial charge is 0.481 e. The number of carboxylic acid groups (broad SMARTS) is 1. The summed E-state index contributed by atoms with van der Waals surface area (Å²) in [7, 11) is 0. The van der Waals surface area contributed by atoms with Gasteiger partial charge in [0.15, 0.2) is 0 Å². The molecule has 0 unspecified atom stereocenters. The van der Waals surface area contributed by atoms with Crippen LogP contribution in [0.1, 0.15) is 162 Å². The number of ether oxygens (including phenoxy) is 1. The third-order valence-electron chi connectivity index (χ3n) is 6.98. The maximum absolute atomic E-state index is 13.4. The number of unbranched alkanes of at least 4 members (excludes halogenated alkanes) is 14. The van der Waals surface area contributed by atoms with Gasteiger partial charge >= 0.3 is 11.9 Å². The topological polar surface area (TPSA) is 63.6 Å². The van der Waals surface area contributed by atoms with Gasteiger partial charge in [0.1, 0.15) is 0 Å². The van der Waals surface area contributed by atoms with Crippen LogP contribution in [0, 0.1) is 5.41 Å². The van der Waals surface area contributed by atoms with Gasteiger partial charge in [0.05, 0.1) is 12.0 Å². The number of carbonyl (C=O) groups is 2. The van der Waals surface area contributed by atoms with Gasteiger partial charge in [0, 0.05) is 6.42 Å². The number of esters is 1. The molecule has 33 heavy (non-hydrogen) atoms. The molecule has 0 aromatic heterocycles. The predicted molar refractivity (Wildman–Crippen MR) is 140 cm³/mol. The Morgan fingerprint density at radius 3 is 1.39 bits per heavy atom. The summed E-state index contributed by atoms with van der Waals surface area (Å²) in [6.45, 7) is 7.16. The molecule has 0 fully saturated rings. The van der Waals surface area contributed by atoms with Crippen molar-refractivity contribution in [1.29, 1.82) is 0 Å². The Bertz CT molecular complexity index is 445. The van der Waals surface area contributed by atoms with Crippen LogP contribution in [0.3, 0.4) is 0 Å². The van der Waals surface area contributed by atoms with E-state index >= 15 is 0 Å². The fraction of sp³-hybridized carbons (Fsp3) is 0.931. The van der Waals surface area contributed by atoms with Crippen molar-refractivity contribution in [2.24, 2.45) is 5.41 Å². The van der Waals surface area contributed by atoms with Gasteiger partial charge in [-0.1, -0.05) is 124 Å². The lowest BCUT2D eigenvalue weighted by Gasteiger charge is -2.32. The molecule has 0 saturated carbocycles. The van der Waals surface area contributed by atoms with Crippen LogP contribution < -0.4 is 0 Å². The van der Waals surface area contributed by atoms with E-state index in [9.17, 15) is 9.59 Å². The molecule has 0 aromatic carbocycles. The zero-order chi connectivity index (χ0) is 24.6. The molecule has 0 aromatic rings. The van der Waals surface area contributed by atoms with E-state index in [4.69, 9.17) is 9.84 Å². The molecule has 196 valence electrons. The van der Waals surface area contributed by atoms with Gasteiger partial charge in [-0.15, -0.1) is 0 Å². The smallest absolute Gasteiger partial charge is 0.312 e. The van der Waals surface area contributed by atoms with Crippen LogP contribution in [0.15, 0.2) is 0 Å². The van der Waals surface area contributed by atoms with Crippen molar-refractivity contribution in [1.82, 2.24) is 0 Å². The van der Waals surface area contributed by atoms with Crippen molar-refractivity contribution >= 4 is 11.9 Å². The highest BCUT2D eigenvalue weighted by molar-refractivity contribution is 5.76. The van der Waals surface area contributed by atoms with Crippen molar-refractivity contribution in [3.05, 3.63) is 0 Å². The molecule has 0 aliphatic rings. The van der Waals surface area contributed by atoms with E-state index in [0.717, 1.165) is 70.6 Å². The first-order chi connectivity index (χ1) is 16.0. The monoisotopic (exact) mass is 468 g/mol. The quantitative estimate of drug-likeness (QED) is 0.107. The molecule has 0 radical (unpaired) electrons. The molecule has 0 saturated heterocycles. The minimum absolute atomic E-state index is 0.0450. The van der Waals surface area contributed by atoms with Crippen molar-refractivity contribution in [2.75, 3.05) is 6.61 Å². The first kappa shape index (κ1) is 31.9. The van der Waals surface area contributed by atoms with E-state index in [1.807, 2.05) is 0 Å². The highest BCUT2D eigenvalue weighted by atomic mass is 16.5. The fourth-order valence-electron chi connectivity index (χ4n) is 4.72. The average Bonchev–Trinajstić information content (AvgIpc) is 2.80. The van der Waals surface area contributed by atoms with Crippen molar-refractivity contribution < 1.29 is 19.4 Å². The van der Waals surface area contributed by atoms with Gasteiger partial charge in [0.25, 0.3) is 0 Å². The molecule has 0 atom stereocenters. The number of carboxylic acids is 1. The first-order valence-corrected chi connectivity index (χ1v) is 14.4. The van der Waals surface area contributed by atoms with Crippen LogP contribution in [0.25, 0.3) is 0 Å². The Kier molecular flexibility index (Phi) is 22.0. The number of hydrogen-bond donors (Lipinski definition) is 1. The summed E-state index contributed by atoms with van der Waals surface area (Å²) in [6.07, 6.45) is 23.6. The van der Waals surface area contributed by atoms with Crippen molar-refractivity contribution in [3.8, 4) is 0 Å². The van der Waals surface area contributed by atoms with E-state index in [2.05, 4.69) is 20.8 Å². The summed E-state index contributed by atoms with van der Waals surface area (Å²) < 4.78 is 5.83. The lowest BCUT2D eigenvalue weighted by Crippen LogP contribution is -2.33. The van der Waals surface area contributed by atoms with Gasteiger partial charge < -0.3 is 9.84 Å². The van der Waals surface area contributed by atoms with Gasteiger partial charge in [0.2, 0.25) is 0 Å². The third kappa shape index (κ3) is 18.0. The van der Waals surface area contributed by atoms with Crippen LogP contribution in [0.2, 0.25) is 0 Å². The molecule has 0 aliphatic carbocycles. The molecule has 0 aliphatic heterocycles. The van der Waals surface area contributed by atoms with Crippen LogP contribution >= 0.6 is 0 Å². The van der Waals surface area contributed by atoms with E-state index in [0.29, 0.717) is 6.61 Å². The molecule has 4 nitrogen and oxygen atoms in total. The molecule has 1 N–H and O–H groups in total. The van der Waals surface area contributed by atoms with E-state index < -0.39 is 5.97 Å². The summed E-state index contributed by atoms with van der Waals surface area (Å²) in [4.78, 5) is 24.2. The standard InChI is InChI=1S/C29H56O4/c1-4-7-10-12-15-19-23-29(28(32)33-26-9-6-3,24-20-16-13-11-8-5-2)25-21-17-14-18-22-27(30)31/h4-26H2,1-3H3,(H,30,31). The molecule has 0 bridgehead atoms. The predicted octanol–water partition coefficient (Wildman–Crippen LogP) is 9.24. The Morgan fingerprint density at radius 2 is 0.970 bits per heavy atom. The molecular formula is C29H56O4. The van der Waals surface area contributed by atoms with Crippen molar-refractivity contribution in [3.63, 3.8) is 0 Å². The highest BCUT2D eigenvalue weighted by Gasteiger charge is 2.38. The van der Waals surface area contributed by atoms with Crippen LogP contribution in [-0.4, -0.2) is 23.7 Å². The fourth-order valence-corrected chi connectivity index (χ4v) is 4.72. The first-order valence-electron chi connectivity index (χ1n) is 14.4. The zero-order valence-electron chi connectivity index (χ0n) is 22.4. The summed E-state index contributed by atoms with van der Waals surface area (Å²) >= 11 is 0. The number of hydrogen-bond acceptors (Lipinski definition) is 3. The molecule has 0 heterocycles. The SMILES string of the molecule is CCCCCCCCC(CCCCCCCC)(CCCCCCC(=O)O)C(=O)OCCCC. The second kappa shape index (κ2) is 22.7. The van der Waals surface area contributed by atoms with Crippen LogP contribution in [-0.2, 0) is 14.3 Å². The molecule has 0 spiro atoms. The number of aliphatic carboxylic acids is 1. The highest BCUT2D eigenvalue weighted by Crippen LogP contribution is 2.39. The molecule has 4 heteroatoms. The summed E-state index contributed by atoms with van der Waals surface area (Å²) in [5, 5.41) is 8.86. The molecule has 0 rings (SSSR count). The maximum atomic E-state index is 13.4. The van der Waals surface area contributed by atoms with Gasteiger partial charge in [-0.25, -0.2) is 0 Å². The number of carbonyl (C=O) groups excluding carboxylic acids is 1. The molecule has 0 amide bonds. The van der Waals surface area contributed by atoms with Crippen LogP contribution in [0.4, 0.5) is 0 Å². The summed E-state index contributed by atoms with van der Waals surface area (Å²) in [5.74, 6) is -0.668. The van der Waals surface area contributed by atoms with Crippen molar-refractivity contribution in [2.45, 2.75) is 162 Å². The normalized spacial score (nSPS) is 11.6. The van der Waals surface area contributed by atoms with Crippen LogP contribution in [0.5, 0.6) is 0 Å². The zero-order valence-corrected chi connectivity index (χ0v) is 22.4. The summed E-state index contributed by atoms with van der Waals surface area (Å²) in [5.41, 5.74) is -0.337. The van der Waals surface area contributed by atoms with Gasteiger partial charge in [-0.2, -0.15) is 0 Å². The van der Waals surface area contributed by atoms with E-state index in [-0.39, 0.29) is 17.8 Å². The lowest BCUT2D eigenvalue weighted by molar-refractivity contribution is -0.158. The third-order valence-corrected chi connectivity index (χ3v) is 6.98. The number of rotatable bonds is 25. The lowest BCUT2D eigenvalue weighted by atomic mass is 9.74. The minimum atomic E-state index is -0.713. The van der Waals surface area contributed by atoms with E-state index in [1.54, 1.807) is 0 Å². The van der Waals surface area contributed by atoms with E-state index in [1.165, 1.54) is 64.2 Å². The maximum Gasteiger partial charge on any atom is 0.312 e. The Labute approximate surface area is 205 Å². The second-order valence-electron chi connectivity index (χ2n) is 10.1. The molecular weight excluding hydrogens is 412 g/mol. The van der Waals surface area contributed by atoms with Gasteiger partial charge in [-0.3, -0.25) is 9.59 Å². The Hall–Kier alpha value is -1.06. The minimum Gasteiger partial charge on any atom is -0.481 e. The van der Waals surface area contributed by atoms with Gasteiger partial charge in [-0.05, 0) is 32.1 Å². The average molecular weight is 469 g/mol. The summed E-state index contributed by atoms with van der Waals surface area (Å²) in [6, 6.07) is 0.